The first kappa shape index (κ1) is 21.2. The molecule has 0 amide bonds. The highest BCUT2D eigenvalue weighted by atomic mass is 15.1. The van der Waals surface area contributed by atoms with Gasteiger partial charge < -0.3 is 10.6 Å². The Morgan fingerprint density at radius 2 is 1.06 bits per heavy atom. The summed E-state index contributed by atoms with van der Waals surface area (Å²) in [4.78, 5) is 2.30. The van der Waals surface area contributed by atoms with Crippen LogP contribution in [0.1, 0.15) is 13.8 Å². The highest BCUT2D eigenvalue weighted by Crippen LogP contribution is 2.35. The molecule has 6 heteroatoms. The Labute approximate surface area is 188 Å². The molecule has 0 unspecified atom stereocenters. The van der Waals surface area contributed by atoms with Gasteiger partial charge in [-0.05, 0) is 74.5 Å². The van der Waals surface area contributed by atoms with Gasteiger partial charge in [-0.2, -0.15) is 10.2 Å². The van der Waals surface area contributed by atoms with Gasteiger partial charge in [0.25, 0.3) is 0 Å². The van der Waals surface area contributed by atoms with Crippen molar-refractivity contribution in [1.29, 1.82) is 0 Å². The van der Waals surface area contributed by atoms with Crippen LogP contribution >= 0.6 is 0 Å². The van der Waals surface area contributed by atoms with Crippen molar-refractivity contribution in [2.24, 2.45) is 20.5 Å². The second-order valence-corrected chi connectivity index (χ2v) is 7.33. The van der Waals surface area contributed by atoms with Gasteiger partial charge in [-0.25, -0.2) is 0 Å². The van der Waals surface area contributed by atoms with E-state index in [4.69, 9.17) is 5.73 Å². The summed E-state index contributed by atoms with van der Waals surface area (Å²) >= 11 is 0. The summed E-state index contributed by atoms with van der Waals surface area (Å²) in [5.74, 6) is 0. The molecule has 0 aliphatic heterocycles. The summed E-state index contributed by atoms with van der Waals surface area (Å²) in [6.45, 7) is 6.26. The van der Waals surface area contributed by atoms with Crippen LogP contribution in [0.2, 0.25) is 0 Å². The molecule has 160 valence electrons. The maximum absolute atomic E-state index is 5.74. The summed E-state index contributed by atoms with van der Waals surface area (Å²) in [6, 6.07) is 27.3. The van der Waals surface area contributed by atoms with E-state index in [0.717, 1.165) is 46.6 Å². The first-order chi connectivity index (χ1) is 15.7. The Morgan fingerprint density at radius 1 is 0.594 bits per heavy atom. The van der Waals surface area contributed by atoms with E-state index in [2.05, 4.69) is 51.3 Å². The van der Waals surface area contributed by atoms with Crippen LogP contribution in [0, 0.1) is 0 Å². The first-order valence-electron chi connectivity index (χ1n) is 10.7. The van der Waals surface area contributed by atoms with E-state index >= 15 is 0 Å². The topological polar surface area (TPSA) is 78.7 Å². The number of anilines is 2. The Morgan fingerprint density at radius 3 is 1.53 bits per heavy atom. The predicted octanol–water partition coefficient (Wildman–Crippen LogP) is 8.10. The molecule has 0 aromatic heterocycles. The molecule has 0 spiro atoms. The predicted molar refractivity (Wildman–Crippen MR) is 133 cm³/mol. The van der Waals surface area contributed by atoms with Gasteiger partial charge >= 0.3 is 0 Å². The number of rotatable bonds is 7. The quantitative estimate of drug-likeness (QED) is 0.241. The van der Waals surface area contributed by atoms with Crippen LogP contribution in [0.25, 0.3) is 10.8 Å². The normalized spacial score (nSPS) is 11.6. The Hall–Kier alpha value is -4.06. The molecule has 0 radical (unpaired) electrons. The molecule has 6 nitrogen and oxygen atoms in total. The molecule has 0 aliphatic rings. The smallest absolute Gasteiger partial charge is 0.0936 e. The summed E-state index contributed by atoms with van der Waals surface area (Å²) in [5, 5.41) is 19.7. The van der Waals surface area contributed by atoms with Crippen molar-refractivity contribution in [2.75, 3.05) is 23.7 Å². The zero-order chi connectivity index (χ0) is 22.3. The lowest BCUT2D eigenvalue weighted by Gasteiger charge is -2.20. The largest absolute Gasteiger partial charge is 0.399 e. The third kappa shape index (κ3) is 4.81. The van der Waals surface area contributed by atoms with Crippen LogP contribution in [0.4, 0.5) is 34.1 Å². The van der Waals surface area contributed by atoms with Crippen molar-refractivity contribution >= 4 is 44.9 Å². The summed E-state index contributed by atoms with van der Waals surface area (Å²) in [6.07, 6.45) is 0. The fourth-order valence-corrected chi connectivity index (χ4v) is 3.52. The first-order valence-corrected chi connectivity index (χ1v) is 10.7. The molecule has 4 aromatic rings. The van der Waals surface area contributed by atoms with E-state index in [-0.39, 0.29) is 0 Å². The lowest BCUT2D eigenvalue weighted by Crippen LogP contribution is -2.21. The minimum atomic E-state index is 0.701. The maximum atomic E-state index is 5.74. The average molecular weight is 423 g/mol. The number of fused-ring (bicyclic) bond motifs is 1. The fraction of sp³-hybridized carbons (Fsp3) is 0.154. The highest BCUT2D eigenvalue weighted by molar-refractivity contribution is 5.99. The maximum Gasteiger partial charge on any atom is 0.0936 e. The van der Waals surface area contributed by atoms with E-state index < -0.39 is 0 Å². The van der Waals surface area contributed by atoms with Crippen molar-refractivity contribution in [1.82, 2.24) is 0 Å². The minimum Gasteiger partial charge on any atom is -0.399 e. The third-order valence-electron chi connectivity index (χ3n) is 5.30. The third-order valence-corrected chi connectivity index (χ3v) is 5.30. The standard InChI is InChI=1S/C26H26N6/c1-3-32(4-2)22-15-13-21(14-16-22)29-31-26-18-17-25(23-7-5-6-8-24(23)26)30-28-20-11-9-19(27)10-12-20/h5-18H,3-4,27H2,1-2H3. The Kier molecular flexibility index (Phi) is 6.51. The van der Waals surface area contributed by atoms with Gasteiger partial charge in [0.2, 0.25) is 0 Å². The van der Waals surface area contributed by atoms with Crippen LogP contribution in [-0.4, -0.2) is 13.1 Å². The highest BCUT2D eigenvalue weighted by Gasteiger charge is 2.06. The zero-order valence-corrected chi connectivity index (χ0v) is 18.3. The second kappa shape index (κ2) is 9.83. The van der Waals surface area contributed by atoms with E-state index in [9.17, 15) is 0 Å². The zero-order valence-electron chi connectivity index (χ0n) is 18.3. The lowest BCUT2D eigenvalue weighted by molar-refractivity contribution is 0.866. The molecule has 4 rings (SSSR count). The minimum absolute atomic E-state index is 0.701. The van der Waals surface area contributed by atoms with Gasteiger partial charge in [-0.15, -0.1) is 10.2 Å². The fourth-order valence-electron chi connectivity index (χ4n) is 3.52. The number of hydrogen-bond acceptors (Lipinski definition) is 6. The van der Waals surface area contributed by atoms with Gasteiger partial charge in [0, 0.05) is 35.2 Å². The molecule has 0 fully saturated rings. The van der Waals surface area contributed by atoms with Crippen LogP contribution < -0.4 is 10.6 Å². The van der Waals surface area contributed by atoms with Crippen LogP contribution in [0.15, 0.2) is 105 Å². The summed E-state index contributed by atoms with van der Waals surface area (Å²) in [5.41, 5.74) is 10.8. The van der Waals surface area contributed by atoms with Crippen molar-refractivity contribution in [3.63, 3.8) is 0 Å². The molecule has 0 saturated heterocycles. The van der Waals surface area contributed by atoms with Crippen molar-refractivity contribution in [2.45, 2.75) is 13.8 Å². The van der Waals surface area contributed by atoms with Crippen LogP contribution in [0.5, 0.6) is 0 Å². The Bertz CT molecular complexity index is 1240. The number of azo groups is 2. The number of nitrogens with zero attached hydrogens (tertiary/aromatic N) is 5. The molecular weight excluding hydrogens is 396 g/mol. The Balaban J connectivity index is 1.60. The molecule has 0 heterocycles. The monoisotopic (exact) mass is 422 g/mol. The molecule has 4 aromatic carbocycles. The SMILES string of the molecule is CCN(CC)c1ccc(N=Nc2ccc(N=Nc3ccc(N)cc3)c3ccccc23)cc1. The second-order valence-electron chi connectivity index (χ2n) is 7.33. The molecule has 0 bridgehead atoms. The van der Waals surface area contributed by atoms with Gasteiger partial charge in [-0.3, -0.25) is 0 Å². The van der Waals surface area contributed by atoms with E-state index in [1.54, 1.807) is 0 Å². The van der Waals surface area contributed by atoms with Crippen LogP contribution in [-0.2, 0) is 0 Å². The van der Waals surface area contributed by atoms with Crippen molar-refractivity contribution < 1.29 is 0 Å². The molecule has 32 heavy (non-hydrogen) atoms. The van der Waals surface area contributed by atoms with E-state index in [1.165, 1.54) is 5.69 Å². The number of nitrogen functional groups attached to an aromatic ring is 1. The van der Waals surface area contributed by atoms with E-state index in [1.807, 2.05) is 72.8 Å². The van der Waals surface area contributed by atoms with E-state index in [0.29, 0.717) is 5.69 Å². The summed E-state index contributed by atoms with van der Waals surface area (Å²) < 4.78 is 0. The number of nitrogens with two attached hydrogens (primary N) is 1. The molecule has 2 N–H and O–H groups in total. The average Bonchev–Trinajstić information content (AvgIpc) is 2.84. The van der Waals surface area contributed by atoms with Gasteiger partial charge in [0.05, 0.1) is 22.7 Å². The van der Waals surface area contributed by atoms with Gasteiger partial charge in [-0.1, -0.05) is 24.3 Å². The number of hydrogen-bond donors (Lipinski definition) is 1. The van der Waals surface area contributed by atoms with Crippen molar-refractivity contribution in [3.8, 4) is 0 Å². The van der Waals surface area contributed by atoms with Gasteiger partial charge in [0.1, 0.15) is 0 Å². The molecule has 0 aliphatic carbocycles. The van der Waals surface area contributed by atoms with Gasteiger partial charge in [0.15, 0.2) is 0 Å². The lowest BCUT2D eigenvalue weighted by atomic mass is 10.1. The molecule has 0 saturated carbocycles. The molecular formula is C26H26N6. The molecule has 0 atom stereocenters. The van der Waals surface area contributed by atoms with Crippen LogP contribution in [0.3, 0.4) is 0 Å². The van der Waals surface area contributed by atoms with Crippen molar-refractivity contribution in [3.05, 3.63) is 84.9 Å². The summed E-state index contributed by atoms with van der Waals surface area (Å²) in [7, 11) is 0. The number of benzene rings is 4.